The van der Waals surface area contributed by atoms with Crippen LogP contribution in [0.2, 0.25) is 0 Å². The van der Waals surface area contributed by atoms with Gasteiger partial charge in [0.25, 0.3) is 0 Å². The molecule has 16 heavy (non-hydrogen) atoms. The number of hydrogen-bond acceptors (Lipinski definition) is 2. The van der Waals surface area contributed by atoms with Crippen molar-refractivity contribution in [2.24, 2.45) is 5.73 Å². The summed E-state index contributed by atoms with van der Waals surface area (Å²) in [6.45, 7) is 2.97. The fourth-order valence-corrected chi connectivity index (χ4v) is 1.58. The SMILES string of the molecule is CCCCNC(Cc1ccccc1)C(N)=O. The van der Waals surface area contributed by atoms with Gasteiger partial charge < -0.3 is 11.1 Å². The number of primary amides is 1. The lowest BCUT2D eigenvalue weighted by Crippen LogP contribution is -2.43. The van der Waals surface area contributed by atoms with E-state index in [9.17, 15) is 4.79 Å². The molecule has 0 fully saturated rings. The van der Waals surface area contributed by atoms with Gasteiger partial charge in [-0.15, -0.1) is 0 Å². The Bertz CT molecular complexity index is 311. The lowest BCUT2D eigenvalue weighted by Gasteiger charge is -2.15. The quantitative estimate of drug-likeness (QED) is 0.684. The van der Waals surface area contributed by atoms with E-state index in [0.29, 0.717) is 6.42 Å². The summed E-state index contributed by atoms with van der Waals surface area (Å²) in [6, 6.07) is 9.68. The maximum atomic E-state index is 11.3. The molecule has 0 aromatic heterocycles. The second kappa shape index (κ2) is 7.01. The summed E-state index contributed by atoms with van der Waals surface area (Å²) in [7, 11) is 0. The molecule has 0 radical (unpaired) electrons. The highest BCUT2D eigenvalue weighted by Crippen LogP contribution is 2.03. The predicted octanol–water partition coefficient (Wildman–Crippen LogP) is 1.47. The predicted molar refractivity (Wildman–Crippen MR) is 66.0 cm³/mol. The molecule has 0 aliphatic rings. The number of carbonyl (C=O) groups excluding carboxylic acids is 1. The van der Waals surface area contributed by atoms with E-state index in [1.807, 2.05) is 30.3 Å². The Morgan fingerprint density at radius 3 is 2.62 bits per heavy atom. The van der Waals surface area contributed by atoms with Crippen molar-refractivity contribution in [3.8, 4) is 0 Å². The van der Waals surface area contributed by atoms with Gasteiger partial charge in [-0.25, -0.2) is 0 Å². The smallest absolute Gasteiger partial charge is 0.234 e. The molecule has 0 saturated carbocycles. The molecule has 1 unspecified atom stereocenters. The van der Waals surface area contributed by atoms with Crippen molar-refractivity contribution < 1.29 is 4.79 Å². The standard InChI is InChI=1S/C13H20N2O/c1-2-3-9-15-12(13(14)16)10-11-7-5-4-6-8-11/h4-8,12,15H,2-3,9-10H2,1H3,(H2,14,16). The maximum absolute atomic E-state index is 11.3. The van der Waals surface area contributed by atoms with Gasteiger partial charge in [-0.1, -0.05) is 43.7 Å². The van der Waals surface area contributed by atoms with Crippen LogP contribution in [0.25, 0.3) is 0 Å². The van der Waals surface area contributed by atoms with Crippen LogP contribution in [0, 0.1) is 0 Å². The summed E-state index contributed by atoms with van der Waals surface area (Å²) < 4.78 is 0. The topological polar surface area (TPSA) is 55.1 Å². The molecule has 0 saturated heterocycles. The van der Waals surface area contributed by atoms with Crippen molar-refractivity contribution in [2.45, 2.75) is 32.2 Å². The average molecular weight is 220 g/mol. The van der Waals surface area contributed by atoms with Crippen molar-refractivity contribution in [2.75, 3.05) is 6.54 Å². The van der Waals surface area contributed by atoms with Gasteiger partial charge in [0.15, 0.2) is 0 Å². The molecule has 3 nitrogen and oxygen atoms in total. The fraction of sp³-hybridized carbons (Fsp3) is 0.462. The summed E-state index contributed by atoms with van der Waals surface area (Å²) in [5.74, 6) is -0.278. The van der Waals surface area contributed by atoms with Gasteiger partial charge in [-0.3, -0.25) is 4.79 Å². The summed E-state index contributed by atoms with van der Waals surface area (Å²) in [6.07, 6.45) is 2.85. The lowest BCUT2D eigenvalue weighted by molar-refractivity contribution is -0.120. The van der Waals surface area contributed by atoms with E-state index in [1.165, 1.54) is 0 Å². The molecule has 0 aliphatic heterocycles. The van der Waals surface area contributed by atoms with Gasteiger partial charge in [0.2, 0.25) is 5.91 Å². The van der Waals surface area contributed by atoms with E-state index in [-0.39, 0.29) is 11.9 Å². The van der Waals surface area contributed by atoms with Crippen LogP contribution in [-0.4, -0.2) is 18.5 Å². The minimum Gasteiger partial charge on any atom is -0.368 e. The van der Waals surface area contributed by atoms with Crippen molar-refractivity contribution in [1.82, 2.24) is 5.32 Å². The van der Waals surface area contributed by atoms with Crippen LogP contribution in [0.5, 0.6) is 0 Å². The molecule has 0 bridgehead atoms. The van der Waals surface area contributed by atoms with E-state index in [1.54, 1.807) is 0 Å². The second-order valence-corrected chi connectivity index (χ2v) is 3.95. The van der Waals surface area contributed by atoms with Gasteiger partial charge in [-0.05, 0) is 24.9 Å². The largest absolute Gasteiger partial charge is 0.368 e. The molecule has 3 heteroatoms. The van der Waals surface area contributed by atoms with Crippen LogP contribution in [0.3, 0.4) is 0 Å². The average Bonchev–Trinajstić information content (AvgIpc) is 2.29. The first-order chi connectivity index (χ1) is 7.74. The second-order valence-electron chi connectivity index (χ2n) is 3.95. The monoisotopic (exact) mass is 220 g/mol. The number of rotatable bonds is 7. The Labute approximate surface area is 97.0 Å². The number of hydrogen-bond donors (Lipinski definition) is 2. The summed E-state index contributed by atoms with van der Waals surface area (Å²) in [5.41, 5.74) is 6.50. The van der Waals surface area contributed by atoms with E-state index in [0.717, 1.165) is 24.9 Å². The molecule has 1 aromatic rings. The van der Waals surface area contributed by atoms with Gasteiger partial charge >= 0.3 is 0 Å². The number of nitrogens with two attached hydrogens (primary N) is 1. The Hall–Kier alpha value is -1.35. The van der Waals surface area contributed by atoms with Crippen molar-refractivity contribution in [1.29, 1.82) is 0 Å². The van der Waals surface area contributed by atoms with E-state index >= 15 is 0 Å². The highest BCUT2D eigenvalue weighted by Gasteiger charge is 2.14. The Morgan fingerprint density at radius 2 is 2.06 bits per heavy atom. The molecule has 88 valence electrons. The minimum absolute atomic E-state index is 0.256. The Balaban J connectivity index is 2.48. The molecular weight excluding hydrogens is 200 g/mol. The van der Waals surface area contributed by atoms with Crippen molar-refractivity contribution in [3.63, 3.8) is 0 Å². The zero-order valence-electron chi connectivity index (χ0n) is 9.78. The molecule has 3 N–H and O–H groups in total. The third-order valence-corrected chi connectivity index (χ3v) is 2.55. The van der Waals surface area contributed by atoms with Crippen LogP contribution in [0.15, 0.2) is 30.3 Å². The molecule has 0 aliphatic carbocycles. The molecule has 0 heterocycles. The molecular formula is C13H20N2O. The third kappa shape index (κ3) is 4.45. The van der Waals surface area contributed by atoms with E-state index in [4.69, 9.17) is 5.73 Å². The highest BCUT2D eigenvalue weighted by molar-refractivity contribution is 5.80. The number of nitrogens with one attached hydrogen (secondary N) is 1. The van der Waals surface area contributed by atoms with Crippen LogP contribution < -0.4 is 11.1 Å². The van der Waals surface area contributed by atoms with Crippen molar-refractivity contribution >= 4 is 5.91 Å². The normalized spacial score (nSPS) is 12.3. The third-order valence-electron chi connectivity index (χ3n) is 2.55. The van der Waals surface area contributed by atoms with E-state index in [2.05, 4.69) is 12.2 Å². The summed E-state index contributed by atoms with van der Waals surface area (Å²) in [5, 5.41) is 3.19. The number of amides is 1. The number of carbonyl (C=O) groups is 1. The first kappa shape index (κ1) is 12.7. The molecule has 1 amide bonds. The minimum atomic E-state index is -0.278. The zero-order valence-corrected chi connectivity index (χ0v) is 9.78. The van der Waals surface area contributed by atoms with Crippen LogP contribution in [0.1, 0.15) is 25.3 Å². The van der Waals surface area contributed by atoms with Gasteiger partial charge in [0.1, 0.15) is 0 Å². The van der Waals surface area contributed by atoms with Gasteiger partial charge in [0.05, 0.1) is 6.04 Å². The molecule has 1 rings (SSSR count). The molecule has 0 spiro atoms. The Morgan fingerprint density at radius 1 is 1.38 bits per heavy atom. The fourth-order valence-electron chi connectivity index (χ4n) is 1.58. The Kier molecular flexibility index (Phi) is 5.57. The van der Waals surface area contributed by atoms with Crippen LogP contribution >= 0.6 is 0 Å². The first-order valence-corrected chi connectivity index (χ1v) is 5.80. The maximum Gasteiger partial charge on any atom is 0.234 e. The summed E-state index contributed by atoms with van der Waals surface area (Å²) in [4.78, 5) is 11.3. The zero-order chi connectivity index (χ0) is 11.8. The van der Waals surface area contributed by atoms with E-state index < -0.39 is 0 Å². The van der Waals surface area contributed by atoms with Crippen LogP contribution in [-0.2, 0) is 11.2 Å². The van der Waals surface area contributed by atoms with Crippen molar-refractivity contribution in [3.05, 3.63) is 35.9 Å². The van der Waals surface area contributed by atoms with Gasteiger partial charge in [0, 0.05) is 0 Å². The summed E-state index contributed by atoms with van der Waals surface area (Å²) >= 11 is 0. The molecule has 1 atom stereocenters. The molecule has 1 aromatic carbocycles. The number of unbranched alkanes of at least 4 members (excludes halogenated alkanes) is 1. The number of benzene rings is 1. The lowest BCUT2D eigenvalue weighted by atomic mass is 10.1. The van der Waals surface area contributed by atoms with Crippen LogP contribution in [0.4, 0.5) is 0 Å². The van der Waals surface area contributed by atoms with Gasteiger partial charge in [-0.2, -0.15) is 0 Å². The first-order valence-electron chi connectivity index (χ1n) is 5.80. The highest BCUT2D eigenvalue weighted by atomic mass is 16.1.